The van der Waals surface area contributed by atoms with E-state index in [4.69, 9.17) is 5.73 Å². The molecule has 2 aromatic rings. The first-order valence-electron chi connectivity index (χ1n) is 5.20. The van der Waals surface area contributed by atoms with Gasteiger partial charge in [-0.25, -0.2) is 4.98 Å². The third-order valence-corrected chi connectivity index (χ3v) is 2.55. The third-order valence-electron chi connectivity index (χ3n) is 2.55. The van der Waals surface area contributed by atoms with Crippen molar-refractivity contribution in [1.82, 2.24) is 9.97 Å². The second-order valence-corrected chi connectivity index (χ2v) is 3.94. The topological polar surface area (TPSA) is 75.0 Å². The number of H-pyrrole nitrogens is 1. The highest BCUT2D eigenvalue weighted by Crippen LogP contribution is 2.22. The summed E-state index contributed by atoms with van der Waals surface area (Å²) < 4.78 is 0. The Labute approximate surface area is 98.9 Å². The van der Waals surface area contributed by atoms with Crippen LogP contribution >= 0.6 is 0 Å². The molecule has 0 saturated heterocycles. The molecule has 0 saturated carbocycles. The summed E-state index contributed by atoms with van der Waals surface area (Å²) in [5.74, 6) is 0. The molecule has 1 heterocycles. The van der Waals surface area contributed by atoms with Crippen LogP contribution in [0.15, 0.2) is 35.4 Å². The van der Waals surface area contributed by atoms with E-state index in [1.165, 1.54) is 6.33 Å². The molecular formula is C12H14N4O. The van der Waals surface area contributed by atoms with Gasteiger partial charge in [0.2, 0.25) is 0 Å². The summed E-state index contributed by atoms with van der Waals surface area (Å²) in [6, 6.07) is 7.70. The molecule has 0 radical (unpaired) electrons. The van der Waals surface area contributed by atoms with E-state index < -0.39 is 0 Å². The summed E-state index contributed by atoms with van der Waals surface area (Å²) in [4.78, 5) is 19.9. The van der Waals surface area contributed by atoms with Crippen molar-refractivity contribution in [3.63, 3.8) is 0 Å². The average molecular weight is 230 g/mol. The molecule has 0 aliphatic heterocycles. The van der Waals surface area contributed by atoms with E-state index in [0.717, 1.165) is 11.3 Å². The zero-order chi connectivity index (χ0) is 12.4. The normalized spacial score (nSPS) is 10.2. The molecule has 5 nitrogen and oxygen atoms in total. The number of nitrogens with two attached hydrogens (primary N) is 1. The van der Waals surface area contributed by atoms with Gasteiger partial charge in [-0.05, 0) is 12.1 Å². The number of anilines is 2. The van der Waals surface area contributed by atoms with Crippen LogP contribution < -0.4 is 16.2 Å². The Bertz CT molecular complexity index is 572. The number of aromatic nitrogens is 2. The quantitative estimate of drug-likeness (QED) is 0.809. The summed E-state index contributed by atoms with van der Waals surface area (Å²) in [7, 11) is 3.93. The lowest BCUT2D eigenvalue weighted by Crippen LogP contribution is -2.13. The molecule has 0 spiro atoms. The van der Waals surface area contributed by atoms with Gasteiger partial charge in [-0.2, -0.15) is 0 Å². The smallest absolute Gasteiger partial charge is 0.274 e. The molecule has 0 fully saturated rings. The predicted molar refractivity (Wildman–Crippen MR) is 69.0 cm³/mol. The molecule has 17 heavy (non-hydrogen) atoms. The third kappa shape index (κ3) is 2.13. The Morgan fingerprint density at radius 3 is 2.47 bits per heavy atom. The monoisotopic (exact) mass is 230 g/mol. The highest BCUT2D eigenvalue weighted by Gasteiger charge is 2.07. The molecule has 0 amide bonds. The fourth-order valence-electron chi connectivity index (χ4n) is 1.56. The minimum Gasteiger partial charge on any atom is -0.392 e. The zero-order valence-corrected chi connectivity index (χ0v) is 9.77. The van der Waals surface area contributed by atoms with Crippen molar-refractivity contribution in [2.24, 2.45) is 0 Å². The van der Waals surface area contributed by atoms with Crippen molar-refractivity contribution in [2.45, 2.75) is 0 Å². The first-order chi connectivity index (χ1) is 8.09. The lowest BCUT2D eigenvalue weighted by atomic mass is 10.1. The molecule has 1 aromatic carbocycles. The highest BCUT2D eigenvalue weighted by atomic mass is 16.1. The minimum absolute atomic E-state index is 0.144. The van der Waals surface area contributed by atoms with Crippen LogP contribution in [0.3, 0.4) is 0 Å². The summed E-state index contributed by atoms with van der Waals surface area (Å²) in [5, 5.41) is 0. The number of hydrogen-bond donors (Lipinski definition) is 2. The van der Waals surface area contributed by atoms with Gasteiger partial charge in [-0.3, -0.25) is 4.79 Å². The van der Waals surface area contributed by atoms with E-state index in [9.17, 15) is 4.79 Å². The fourth-order valence-corrected chi connectivity index (χ4v) is 1.56. The molecule has 0 aliphatic carbocycles. The van der Waals surface area contributed by atoms with Gasteiger partial charge in [-0.15, -0.1) is 0 Å². The van der Waals surface area contributed by atoms with Gasteiger partial charge in [0.25, 0.3) is 5.56 Å². The van der Waals surface area contributed by atoms with Crippen LogP contribution in [0.25, 0.3) is 11.3 Å². The SMILES string of the molecule is CN(C)c1ccc(-c2nc[nH]c(=O)c2N)cc1. The Kier molecular flexibility index (Phi) is 2.82. The maximum absolute atomic E-state index is 11.4. The Balaban J connectivity index is 2.47. The number of rotatable bonds is 2. The highest BCUT2D eigenvalue weighted by molar-refractivity contribution is 5.72. The lowest BCUT2D eigenvalue weighted by molar-refractivity contribution is 1.12. The van der Waals surface area contributed by atoms with E-state index >= 15 is 0 Å². The fraction of sp³-hybridized carbons (Fsp3) is 0.167. The predicted octanol–water partition coefficient (Wildman–Crippen LogP) is 1.09. The van der Waals surface area contributed by atoms with Gasteiger partial charge >= 0.3 is 0 Å². The van der Waals surface area contributed by atoms with Crippen LogP contribution in [0.5, 0.6) is 0 Å². The number of aromatic amines is 1. The molecule has 1 aromatic heterocycles. The molecule has 0 aliphatic rings. The van der Waals surface area contributed by atoms with Crippen LogP contribution in [0.2, 0.25) is 0 Å². The second-order valence-electron chi connectivity index (χ2n) is 3.94. The second kappa shape index (κ2) is 4.29. The van der Waals surface area contributed by atoms with E-state index in [0.29, 0.717) is 5.69 Å². The van der Waals surface area contributed by atoms with Gasteiger partial charge in [0.05, 0.1) is 6.33 Å². The van der Waals surface area contributed by atoms with Crippen LogP contribution in [0.4, 0.5) is 11.4 Å². The molecule has 0 bridgehead atoms. The molecular weight excluding hydrogens is 216 g/mol. The van der Waals surface area contributed by atoms with Crippen molar-refractivity contribution in [3.8, 4) is 11.3 Å². The van der Waals surface area contributed by atoms with E-state index in [1.54, 1.807) is 0 Å². The molecule has 0 atom stereocenters. The number of nitrogens with zero attached hydrogens (tertiary/aromatic N) is 2. The maximum atomic E-state index is 11.4. The Morgan fingerprint density at radius 1 is 1.24 bits per heavy atom. The van der Waals surface area contributed by atoms with Gasteiger partial charge in [-0.1, -0.05) is 12.1 Å². The van der Waals surface area contributed by atoms with Gasteiger partial charge in [0.15, 0.2) is 0 Å². The minimum atomic E-state index is -0.313. The van der Waals surface area contributed by atoms with Crippen molar-refractivity contribution >= 4 is 11.4 Å². The number of nitrogens with one attached hydrogen (secondary N) is 1. The van der Waals surface area contributed by atoms with E-state index in [1.807, 2.05) is 43.3 Å². The number of hydrogen-bond acceptors (Lipinski definition) is 4. The zero-order valence-electron chi connectivity index (χ0n) is 9.77. The largest absolute Gasteiger partial charge is 0.392 e. The van der Waals surface area contributed by atoms with Crippen molar-refractivity contribution in [3.05, 3.63) is 40.9 Å². The first kappa shape index (κ1) is 11.2. The maximum Gasteiger partial charge on any atom is 0.274 e. The van der Waals surface area contributed by atoms with Crippen LogP contribution in [-0.2, 0) is 0 Å². The van der Waals surface area contributed by atoms with Crippen molar-refractivity contribution < 1.29 is 0 Å². The lowest BCUT2D eigenvalue weighted by Gasteiger charge is -2.12. The van der Waals surface area contributed by atoms with E-state index in [2.05, 4.69) is 9.97 Å². The summed E-state index contributed by atoms with van der Waals surface area (Å²) in [5.41, 5.74) is 7.95. The average Bonchev–Trinajstić information content (AvgIpc) is 2.33. The summed E-state index contributed by atoms with van der Waals surface area (Å²) in [6.45, 7) is 0. The molecule has 88 valence electrons. The van der Waals surface area contributed by atoms with Gasteiger partial charge in [0.1, 0.15) is 11.4 Å². The van der Waals surface area contributed by atoms with Crippen LogP contribution in [-0.4, -0.2) is 24.1 Å². The Morgan fingerprint density at radius 2 is 1.88 bits per heavy atom. The van der Waals surface area contributed by atoms with Gasteiger partial charge < -0.3 is 15.6 Å². The molecule has 5 heteroatoms. The van der Waals surface area contributed by atoms with Crippen LogP contribution in [0, 0.1) is 0 Å². The standard InChI is InChI=1S/C12H14N4O/c1-16(2)9-5-3-8(4-6-9)11-10(13)12(17)15-7-14-11/h3-7H,13H2,1-2H3,(H,14,15,17). The van der Waals surface area contributed by atoms with Gasteiger partial charge in [0, 0.05) is 25.3 Å². The van der Waals surface area contributed by atoms with Crippen LogP contribution in [0.1, 0.15) is 0 Å². The Hall–Kier alpha value is -2.30. The van der Waals surface area contributed by atoms with E-state index in [-0.39, 0.29) is 11.2 Å². The molecule has 2 rings (SSSR count). The number of nitrogen functional groups attached to an aromatic ring is 1. The number of benzene rings is 1. The summed E-state index contributed by atoms with van der Waals surface area (Å²) in [6.07, 6.45) is 1.36. The first-order valence-corrected chi connectivity index (χ1v) is 5.20. The summed E-state index contributed by atoms with van der Waals surface area (Å²) >= 11 is 0. The van der Waals surface area contributed by atoms with Crippen molar-refractivity contribution in [1.29, 1.82) is 0 Å². The molecule has 3 N–H and O–H groups in total. The molecule has 0 unspecified atom stereocenters. The van der Waals surface area contributed by atoms with Crippen molar-refractivity contribution in [2.75, 3.05) is 24.7 Å².